The maximum atomic E-state index is 10.7. The summed E-state index contributed by atoms with van der Waals surface area (Å²) >= 11 is 0. The lowest BCUT2D eigenvalue weighted by Crippen LogP contribution is -1.98. The molecule has 0 saturated heterocycles. The molecule has 0 fully saturated rings. The van der Waals surface area contributed by atoms with E-state index in [1.54, 1.807) is 18.5 Å². The van der Waals surface area contributed by atoms with Gasteiger partial charge in [0, 0.05) is 12.4 Å². The van der Waals surface area contributed by atoms with Crippen molar-refractivity contribution in [1.82, 2.24) is 4.98 Å². The van der Waals surface area contributed by atoms with Crippen LogP contribution < -0.4 is 0 Å². The number of carbonyl (C=O) groups is 1. The zero-order chi connectivity index (χ0) is 13.0. The largest absolute Gasteiger partial charge is 0.507 e. The lowest BCUT2D eigenvalue weighted by Gasteiger charge is -2.04. The summed E-state index contributed by atoms with van der Waals surface area (Å²) in [5, 5.41) is 18.4. The van der Waals surface area contributed by atoms with Gasteiger partial charge in [-0.15, -0.1) is 0 Å². The van der Waals surface area contributed by atoms with Gasteiger partial charge in [-0.05, 0) is 48.2 Å². The van der Waals surface area contributed by atoms with E-state index in [1.165, 1.54) is 12.1 Å². The fraction of sp³-hybridized carbons (Fsp3) is 0.143. The van der Waals surface area contributed by atoms with Gasteiger partial charge in [-0.25, -0.2) is 4.79 Å². The minimum absolute atomic E-state index is 0.0670. The van der Waals surface area contributed by atoms with Crippen LogP contribution in [0.2, 0.25) is 0 Å². The number of pyridine rings is 1. The number of nitrogens with zero attached hydrogens (tertiary/aromatic N) is 1. The number of rotatable bonds is 4. The van der Waals surface area contributed by atoms with Gasteiger partial charge in [-0.2, -0.15) is 0 Å². The first-order valence-electron chi connectivity index (χ1n) is 5.61. The van der Waals surface area contributed by atoms with E-state index in [-0.39, 0.29) is 11.3 Å². The van der Waals surface area contributed by atoms with E-state index < -0.39 is 5.97 Å². The average Bonchev–Trinajstić information content (AvgIpc) is 2.37. The van der Waals surface area contributed by atoms with Gasteiger partial charge in [0.25, 0.3) is 0 Å². The summed E-state index contributed by atoms with van der Waals surface area (Å²) in [5.74, 6) is -1.30. The summed E-state index contributed by atoms with van der Waals surface area (Å²) in [4.78, 5) is 14.7. The van der Waals surface area contributed by atoms with Crippen molar-refractivity contribution in [3.63, 3.8) is 0 Å². The Balaban J connectivity index is 2.07. The number of hydrogen-bond acceptors (Lipinski definition) is 3. The lowest BCUT2D eigenvalue weighted by atomic mass is 10.0. The van der Waals surface area contributed by atoms with E-state index in [0.717, 1.165) is 24.0 Å². The molecular weight excluding hydrogens is 230 g/mol. The van der Waals surface area contributed by atoms with Gasteiger partial charge in [0.05, 0.1) is 0 Å². The van der Waals surface area contributed by atoms with Crippen LogP contribution in [0, 0.1) is 0 Å². The molecule has 0 bridgehead atoms. The quantitative estimate of drug-likeness (QED) is 0.864. The summed E-state index contributed by atoms with van der Waals surface area (Å²) in [6.45, 7) is 0. The maximum absolute atomic E-state index is 10.7. The van der Waals surface area contributed by atoms with E-state index in [2.05, 4.69) is 4.98 Å². The van der Waals surface area contributed by atoms with Crippen molar-refractivity contribution >= 4 is 5.97 Å². The number of carboxylic acids is 1. The van der Waals surface area contributed by atoms with Crippen LogP contribution in [0.25, 0.3) is 0 Å². The highest BCUT2D eigenvalue weighted by atomic mass is 16.4. The van der Waals surface area contributed by atoms with Crippen LogP contribution >= 0.6 is 0 Å². The summed E-state index contributed by atoms with van der Waals surface area (Å²) in [6, 6.07) is 8.53. The van der Waals surface area contributed by atoms with Gasteiger partial charge in [-0.1, -0.05) is 6.07 Å². The molecule has 0 atom stereocenters. The molecule has 0 aliphatic heterocycles. The third kappa shape index (κ3) is 2.85. The molecule has 2 N–H and O–H groups in total. The van der Waals surface area contributed by atoms with Crippen molar-refractivity contribution in [3.05, 3.63) is 59.4 Å². The fourth-order valence-electron chi connectivity index (χ4n) is 1.75. The van der Waals surface area contributed by atoms with Gasteiger partial charge < -0.3 is 10.2 Å². The molecule has 0 spiro atoms. The van der Waals surface area contributed by atoms with E-state index >= 15 is 0 Å². The van der Waals surface area contributed by atoms with Crippen molar-refractivity contribution in [1.29, 1.82) is 0 Å². The summed E-state index contributed by atoms with van der Waals surface area (Å²) in [7, 11) is 0. The molecule has 4 heteroatoms. The Kier molecular flexibility index (Phi) is 3.57. The van der Waals surface area contributed by atoms with Crippen molar-refractivity contribution in [2.45, 2.75) is 12.8 Å². The zero-order valence-corrected chi connectivity index (χ0v) is 9.71. The molecule has 1 heterocycles. The Labute approximate surface area is 105 Å². The number of aromatic carboxylic acids is 1. The predicted molar refractivity (Wildman–Crippen MR) is 66.7 cm³/mol. The molecule has 4 nitrogen and oxygen atoms in total. The van der Waals surface area contributed by atoms with Crippen LogP contribution in [0.3, 0.4) is 0 Å². The van der Waals surface area contributed by atoms with Gasteiger partial charge in [-0.3, -0.25) is 4.98 Å². The van der Waals surface area contributed by atoms with Crippen LogP contribution in [0.4, 0.5) is 0 Å². The minimum atomic E-state index is -1.12. The number of carboxylic acid groups (broad SMARTS) is 1. The standard InChI is InChI=1S/C14H13NO3/c16-13-9-11(3-4-12(13)14(17)18)2-1-10-5-7-15-8-6-10/h3-9,16H,1-2H2,(H,17,18). The number of aromatic nitrogens is 1. The Morgan fingerprint density at radius 1 is 1.06 bits per heavy atom. The monoisotopic (exact) mass is 243 g/mol. The number of aromatic hydroxyl groups is 1. The van der Waals surface area contributed by atoms with Crippen LogP contribution in [0.15, 0.2) is 42.7 Å². The topological polar surface area (TPSA) is 70.4 Å². The van der Waals surface area contributed by atoms with Crippen LogP contribution in [-0.2, 0) is 12.8 Å². The Bertz CT molecular complexity index is 552. The Morgan fingerprint density at radius 3 is 2.33 bits per heavy atom. The molecule has 0 unspecified atom stereocenters. The Hall–Kier alpha value is -2.36. The summed E-state index contributed by atoms with van der Waals surface area (Å²) < 4.78 is 0. The van der Waals surface area contributed by atoms with Crippen LogP contribution in [0.1, 0.15) is 21.5 Å². The van der Waals surface area contributed by atoms with Crippen molar-refractivity contribution in [2.75, 3.05) is 0 Å². The number of benzene rings is 1. The van der Waals surface area contributed by atoms with E-state index in [9.17, 15) is 9.90 Å². The first-order chi connectivity index (χ1) is 8.66. The Morgan fingerprint density at radius 2 is 1.72 bits per heavy atom. The molecular formula is C14H13NO3. The van der Waals surface area contributed by atoms with Gasteiger partial charge in [0.2, 0.25) is 0 Å². The summed E-state index contributed by atoms with van der Waals surface area (Å²) in [5.41, 5.74) is 2.00. The van der Waals surface area contributed by atoms with E-state index in [1.807, 2.05) is 12.1 Å². The molecule has 18 heavy (non-hydrogen) atoms. The molecule has 0 amide bonds. The van der Waals surface area contributed by atoms with Crippen LogP contribution in [0.5, 0.6) is 5.75 Å². The minimum Gasteiger partial charge on any atom is -0.507 e. The second-order valence-electron chi connectivity index (χ2n) is 4.01. The second-order valence-corrected chi connectivity index (χ2v) is 4.01. The van der Waals surface area contributed by atoms with Crippen molar-refractivity contribution in [2.24, 2.45) is 0 Å². The zero-order valence-electron chi connectivity index (χ0n) is 9.71. The first kappa shape index (κ1) is 12.1. The van der Waals surface area contributed by atoms with Crippen molar-refractivity contribution in [3.8, 4) is 5.75 Å². The predicted octanol–water partition coefficient (Wildman–Crippen LogP) is 2.27. The molecule has 1 aromatic heterocycles. The smallest absolute Gasteiger partial charge is 0.339 e. The van der Waals surface area contributed by atoms with Gasteiger partial charge >= 0.3 is 5.97 Å². The SMILES string of the molecule is O=C(O)c1ccc(CCc2ccncc2)cc1O. The third-order valence-corrected chi connectivity index (χ3v) is 2.74. The number of phenols is 1. The maximum Gasteiger partial charge on any atom is 0.339 e. The fourth-order valence-corrected chi connectivity index (χ4v) is 1.75. The van der Waals surface area contributed by atoms with E-state index in [4.69, 9.17) is 5.11 Å². The van der Waals surface area contributed by atoms with E-state index in [0.29, 0.717) is 0 Å². The lowest BCUT2D eigenvalue weighted by molar-refractivity contribution is 0.0693. The molecule has 2 aromatic rings. The second kappa shape index (κ2) is 5.31. The third-order valence-electron chi connectivity index (χ3n) is 2.74. The number of aryl methyl sites for hydroxylation is 2. The van der Waals surface area contributed by atoms with Crippen molar-refractivity contribution < 1.29 is 15.0 Å². The average molecular weight is 243 g/mol. The molecule has 2 rings (SSSR count). The molecule has 0 saturated carbocycles. The van der Waals surface area contributed by atoms with Gasteiger partial charge in [0.1, 0.15) is 11.3 Å². The van der Waals surface area contributed by atoms with Crippen LogP contribution in [-0.4, -0.2) is 21.2 Å². The molecule has 0 aliphatic carbocycles. The summed E-state index contributed by atoms with van der Waals surface area (Å²) in [6.07, 6.45) is 5.05. The first-order valence-corrected chi connectivity index (χ1v) is 5.61. The molecule has 0 aliphatic rings. The molecule has 0 radical (unpaired) electrons. The number of hydrogen-bond donors (Lipinski definition) is 2. The molecule has 1 aromatic carbocycles. The highest BCUT2D eigenvalue weighted by Crippen LogP contribution is 2.19. The normalized spacial score (nSPS) is 10.2. The highest BCUT2D eigenvalue weighted by Gasteiger charge is 2.09. The highest BCUT2D eigenvalue weighted by molar-refractivity contribution is 5.90. The molecule has 92 valence electrons. The van der Waals surface area contributed by atoms with Gasteiger partial charge in [0.15, 0.2) is 0 Å².